The number of hydrogen-bond acceptors (Lipinski definition) is 3. The molecule has 4 aromatic rings. The third kappa shape index (κ3) is 3.36. The van der Waals surface area contributed by atoms with E-state index in [-0.39, 0.29) is 5.91 Å². The van der Waals surface area contributed by atoms with Gasteiger partial charge in [0, 0.05) is 29.2 Å². The van der Waals surface area contributed by atoms with Crippen LogP contribution < -0.4 is 5.32 Å². The summed E-state index contributed by atoms with van der Waals surface area (Å²) in [5.74, 6) is -0.247. The van der Waals surface area contributed by atoms with E-state index >= 15 is 0 Å². The second-order valence-corrected chi connectivity index (χ2v) is 6.77. The Bertz CT molecular complexity index is 1250. The number of nitrogens with one attached hydrogen (secondary N) is 1. The maximum atomic E-state index is 12.6. The third-order valence-electron chi connectivity index (χ3n) is 4.65. The van der Waals surface area contributed by atoms with Gasteiger partial charge in [0.1, 0.15) is 5.65 Å². The van der Waals surface area contributed by atoms with Gasteiger partial charge in [-0.1, -0.05) is 18.2 Å². The van der Waals surface area contributed by atoms with E-state index in [0.29, 0.717) is 11.1 Å². The number of nitriles is 1. The predicted octanol–water partition coefficient (Wildman–Crippen LogP) is 4.74. The lowest BCUT2D eigenvalue weighted by molar-refractivity contribution is 0.102. The van der Waals surface area contributed by atoms with Gasteiger partial charge in [-0.3, -0.25) is 4.79 Å². The van der Waals surface area contributed by atoms with Gasteiger partial charge in [0.25, 0.3) is 5.91 Å². The highest BCUT2D eigenvalue weighted by atomic mass is 16.1. The molecule has 2 aromatic heterocycles. The van der Waals surface area contributed by atoms with Gasteiger partial charge in [0.05, 0.1) is 17.3 Å². The number of carbonyl (C=O) groups excluding carboxylic acids is 1. The summed E-state index contributed by atoms with van der Waals surface area (Å²) >= 11 is 0. The number of aromatic nitrogens is 2. The van der Waals surface area contributed by atoms with Crippen molar-refractivity contribution in [1.29, 1.82) is 5.26 Å². The highest BCUT2D eigenvalue weighted by molar-refractivity contribution is 6.05. The van der Waals surface area contributed by atoms with Gasteiger partial charge in [-0.2, -0.15) is 5.26 Å². The lowest BCUT2D eigenvalue weighted by atomic mass is 10.1. The molecule has 28 heavy (non-hydrogen) atoms. The summed E-state index contributed by atoms with van der Waals surface area (Å²) in [6.07, 6.45) is 3.96. The van der Waals surface area contributed by atoms with Crippen LogP contribution in [0.25, 0.3) is 16.9 Å². The molecule has 1 N–H and O–H groups in total. The molecule has 0 aliphatic heterocycles. The fourth-order valence-corrected chi connectivity index (χ4v) is 3.06. The number of fused-ring (bicyclic) bond motifs is 1. The molecule has 0 aliphatic carbocycles. The van der Waals surface area contributed by atoms with Crippen molar-refractivity contribution >= 4 is 17.2 Å². The largest absolute Gasteiger partial charge is 0.322 e. The summed E-state index contributed by atoms with van der Waals surface area (Å²) in [5, 5.41) is 12.0. The van der Waals surface area contributed by atoms with Crippen LogP contribution in [-0.4, -0.2) is 15.3 Å². The lowest BCUT2D eigenvalue weighted by Crippen LogP contribution is -2.13. The van der Waals surface area contributed by atoms with Crippen LogP contribution in [0.15, 0.2) is 67.0 Å². The fourth-order valence-electron chi connectivity index (χ4n) is 3.06. The fraction of sp³-hybridized carbons (Fsp3) is 0.0870. The van der Waals surface area contributed by atoms with Crippen LogP contribution >= 0.6 is 0 Å². The molecule has 136 valence electrons. The summed E-state index contributed by atoms with van der Waals surface area (Å²) in [4.78, 5) is 17.3. The van der Waals surface area contributed by atoms with E-state index < -0.39 is 0 Å². The van der Waals surface area contributed by atoms with E-state index in [9.17, 15) is 4.79 Å². The number of anilines is 1. The molecule has 2 heterocycles. The van der Waals surface area contributed by atoms with Crippen molar-refractivity contribution in [2.75, 3.05) is 5.32 Å². The second kappa shape index (κ2) is 7.01. The van der Waals surface area contributed by atoms with Crippen molar-refractivity contribution in [2.45, 2.75) is 13.8 Å². The minimum absolute atomic E-state index is 0.247. The Labute approximate surface area is 162 Å². The molecule has 0 radical (unpaired) electrons. The van der Waals surface area contributed by atoms with E-state index in [1.54, 1.807) is 24.3 Å². The van der Waals surface area contributed by atoms with Crippen LogP contribution in [0.1, 0.15) is 27.0 Å². The molecule has 4 rings (SSSR count). The monoisotopic (exact) mass is 366 g/mol. The molecule has 2 aromatic carbocycles. The first-order chi connectivity index (χ1) is 13.5. The Morgan fingerprint density at radius 3 is 2.79 bits per heavy atom. The zero-order chi connectivity index (χ0) is 19.7. The first kappa shape index (κ1) is 17.5. The number of amides is 1. The Hall–Kier alpha value is -3.91. The Balaban J connectivity index is 1.66. The molecule has 5 nitrogen and oxygen atoms in total. The molecule has 0 unspecified atom stereocenters. The van der Waals surface area contributed by atoms with Crippen molar-refractivity contribution in [1.82, 2.24) is 9.38 Å². The molecule has 1 amide bonds. The van der Waals surface area contributed by atoms with Crippen LogP contribution in [-0.2, 0) is 0 Å². The van der Waals surface area contributed by atoms with Crippen molar-refractivity contribution < 1.29 is 4.79 Å². The second-order valence-electron chi connectivity index (χ2n) is 6.77. The third-order valence-corrected chi connectivity index (χ3v) is 4.65. The number of rotatable bonds is 3. The Kier molecular flexibility index (Phi) is 4.38. The van der Waals surface area contributed by atoms with Crippen molar-refractivity contribution in [3.8, 4) is 17.3 Å². The SMILES string of the molecule is Cc1ccn2cc(-c3ccc(C)c(NC(=O)c4cccc(C#N)c4)c3)nc2c1. The molecular weight excluding hydrogens is 348 g/mol. The number of hydrogen-bond donors (Lipinski definition) is 1. The van der Waals surface area contributed by atoms with Crippen molar-refractivity contribution in [2.24, 2.45) is 0 Å². The Morgan fingerprint density at radius 2 is 1.96 bits per heavy atom. The first-order valence-corrected chi connectivity index (χ1v) is 8.91. The smallest absolute Gasteiger partial charge is 0.255 e. The number of benzene rings is 2. The molecule has 0 spiro atoms. The lowest BCUT2D eigenvalue weighted by Gasteiger charge is -2.10. The molecule has 0 atom stereocenters. The topological polar surface area (TPSA) is 70.2 Å². The summed E-state index contributed by atoms with van der Waals surface area (Å²) in [6, 6.07) is 18.7. The van der Waals surface area contributed by atoms with E-state index in [2.05, 4.69) is 16.4 Å². The van der Waals surface area contributed by atoms with Gasteiger partial charge < -0.3 is 9.72 Å². The van der Waals surface area contributed by atoms with E-state index in [0.717, 1.165) is 33.7 Å². The molecule has 0 saturated heterocycles. The molecule has 0 aliphatic rings. The van der Waals surface area contributed by atoms with Gasteiger partial charge in [0.2, 0.25) is 0 Å². The standard InChI is InChI=1S/C23H18N4O/c1-15-8-9-27-14-21(25-22(27)10-15)18-7-6-16(2)20(12-18)26-23(28)19-5-3-4-17(11-19)13-24/h3-12,14H,1-2H3,(H,26,28). The minimum Gasteiger partial charge on any atom is -0.322 e. The van der Waals surface area contributed by atoms with E-state index in [4.69, 9.17) is 5.26 Å². The summed E-state index contributed by atoms with van der Waals surface area (Å²) in [7, 11) is 0. The van der Waals surface area contributed by atoms with Crippen LogP contribution in [0.5, 0.6) is 0 Å². The van der Waals surface area contributed by atoms with E-state index in [1.165, 1.54) is 0 Å². The summed E-state index contributed by atoms with van der Waals surface area (Å²) < 4.78 is 1.98. The normalized spacial score (nSPS) is 10.6. The summed E-state index contributed by atoms with van der Waals surface area (Å²) in [5.41, 5.74) is 6.38. The zero-order valence-corrected chi connectivity index (χ0v) is 15.6. The number of nitrogens with zero attached hydrogens (tertiary/aromatic N) is 3. The molecular formula is C23H18N4O. The van der Waals surface area contributed by atoms with Gasteiger partial charge in [-0.05, 0) is 61.4 Å². The first-order valence-electron chi connectivity index (χ1n) is 8.91. The van der Waals surface area contributed by atoms with Crippen LogP contribution in [0.3, 0.4) is 0 Å². The molecule has 0 fully saturated rings. The van der Waals surface area contributed by atoms with Crippen molar-refractivity contribution in [3.63, 3.8) is 0 Å². The molecule has 5 heteroatoms. The van der Waals surface area contributed by atoms with Gasteiger partial charge >= 0.3 is 0 Å². The Morgan fingerprint density at radius 1 is 1.11 bits per heavy atom. The molecule has 0 bridgehead atoms. The zero-order valence-electron chi connectivity index (χ0n) is 15.6. The van der Waals surface area contributed by atoms with Crippen LogP contribution in [0.4, 0.5) is 5.69 Å². The van der Waals surface area contributed by atoms with Gasteiger partial charge in [-0.25, -0.2) is 4.98 Å². The highest BCUT2D eigenvalue weighted by Gasteiger charge is 2.11. The van der Waals surface area contributed by atoms with Gasteiger partial charge in [-0.15, -0.1) is 0 Å². The van der Waals surface area contributed by atoms with E-state index in [1.807, 2.05) is 61.0 Å². The number of pyridine rings is 1. The number of aryl methyl sites for hydroxylation is 2. The minimum atomic E-state index is -0.247. The number of carbonyl (C=O) groups is 1. The quantitative estimate of drug-likeness (QED) is 0.569. The van der Waals surface area contributed by atoms with Crippen LogP contribution in [0, 0.1) is 25.2 Å². The highest BCUT2D eigenvalue weighted by Crippen LogP contribution is 2.26. The average Bonchev–Trinajstić information content (AvgIpc) is 3.12. The van der Waals surface area contributed by atoms with Crippen molar-refractivity contribution in [3.05, 3.63) is 89.2 Å². The average molecular weight is 366 g/mol. The maximum Gasteiger partial charge on any atom is 0.255 e. The molecule has 0 saturated carbocycles. The predicted molar refractivity (Wildman–Crippen MR) is 109 cm³/mol. The summed E-state index contributed by atoms with van der Waals surface area (Å²) in [6.45, 7) is 3.98. The maximum absolute atomic E-state index is 12.6. The van der Waals surface area contributed by atoms with Crippen LogP contribution in [0.2, 0.25) is 0 Å². The van der Waals surface area contributed by atoms with Gasteiger partial charge in [0.15, 0.2) is 0 Å². The number of imidazole rings is 1.